The van der Waals surface area contributed by atoms with Gasteiger partial charge in [0.05, 0.1) is 6.61 Å². The number of rotatable bonds is 20. The fourth-order valence-electron chi connectivity index (χ4n) is 3.13. The van der Waals surface area contributed by atoms with E-state index in [-0.39, 0.29) is 0 Å². The summed E-state index contributed by atoms with van der Waals surface area (Å²) in [4.78, 5) is 29.5. The Morgan fingerprint density at radius 1 is 0.897 bits per heavy atom. The maximum atomic E-state index is 11.9. The molecule has 0 rings (SSSR count). The van der Waals surface area contributed by atoms with Gasteiger partial charge in [0, 0.05) is 0 Å². The lowest BCUT2D eigenvalue weighted by Gasteiger charge is -2.19. The molecule has 4 N–H and O–H groups in total. The van der Waals surface area contributed by atoms with E-state index in [1.54, 1.807) is 6.08 Å². The standard InChI is InChI=1S/C21H41O7P/c1-2-3-4-5-6-7-8-9-10-11-12-13-14-15-16-17-19(23)21(20(24)18-22)28-29(25,26)27/h16-17,20-22,24H,2-15,18H2,1H3,(H2,25,26,27). The fraction of sp³-hybridized carbons (Fsp3) is 0.857. The van der Waals surface area contributed by atoms with Crippen LogP contribution >= 0.6 is 7.82 Å². The predicted octanol–water partition coefficient (Wildman–Crippen LogP) is 4.42. The normalized spacial score (nSPS) is 14.4. The number of carbonyl (C=O) groups is 1. The van der Waals surface area contributed by atoms with E-state index in [9.17, 15) is 14.5 Å². The molecule has 0 heterocycles. The van der Waals surface area contributed by atoms with Crippen molar-refractivity contribution in [1.82, 2.24) is 0 Å². The molecule has 0 saturated heterocycles. The smallest absolute Gasteiger partial charge is 0.394 e. The van der Waals surface area contributed by atoms with Crippen molar-refractivity contribution in [1.29, 1.82) is 0 Å². The van der Waals surface area contributed by atoms with Crippen molar-refractivity contribution in [2.45, 2.75) is 109 Å². The number of unbranched alkanes of at least 4 members (excludes halogenated alkanes) is 13. The minimum Gasteiger partial charge on any atom is -0.394 e. The van der Waals surface area contributed by atoms with E-state index in [1.165, 1.54) is 64.2 Å². The van der Waals surface area contributed by atoms with E-state index in [0.717, 1.165) is 25.3 Å². The first-order chi connectivity index (χ1) is 13.8. The van der Waals surface area contributed by atoms with Crippen LogP contribution < -0.4 is 0 Å². The Hall–Kier alpha value is -0.560. The summed E-state index contributed by atoms with van der Waals surface area (Å²) in [5, 5.41) is 18.4. The summed E-state index contributed by atoms with van der Waals surface area (Å²) in [7, 11) is -4.94. The molecule has 0 saturated carbocycles. The SMILES string of the molecule is CCCCCCCCCCCCCCCC=CC(=O)C(OP(=O)(O)O)C(O)CO. The van der Waals surface area contributed by atoms with Crippen LogP contribution in [-0.2, 0) is 13.9 Å². The summed E-state index contributed by atoms with van der Waals surface area (Å²) < 4.78 is 15.2. The van der Waals surface area contributed by atoms with Gasteiger partial charge >= 0.3 is 7.82 Å². The zero-order chi connectivity index (χ0) is 22.0. The minimum absolute atomic E-state index is 0.668. The fourth-order valence-corrected chi connectivity index (χ4v) is 3.67. The van der Waals surface area contributed by atoms with Gasteiger partial charge in [-0.1, -0.05) is 90.0 Å². The molecular formula is C21H41O7P. The molecule has 7 nitrogen and oxygen atoms in total. The second-order valence-electron chi connectivity index (χ2n) is 7.60. The average Bonchev–Trinajstić information content (AvgIpc) is 2.67. The first-order valence-electron chi connectivity index (χ1n) is 11.0. The van der Waals surface area contributed by atoms with Crippen LogP contribution in [0.15, 0.2) is 12.2 Å². The quantitative estimate of drug-likeness (QED) is 0.126. The first-order valence-corrected chi connectivity index (χ1v) is 12.6. The molecule has 0 aliphatic rings. The van der Waals surface area contributed by atoms with Crippen molar-refractivity contribution < 1.29 is 33.9 Å². The summed E-state index contributed by atoms with van der Waals surface area (Å²) in [6.07, 6.45) is 16.3. The van der Waals surface area contributed by atoms with Gasteiger partial charge in [-0.15, -0.1) is 0 Å². The zero-order valence-corrected chi connectivity index (χ0v) is 18.8. The highest BCUT2D eigenvalue weighted by molar-refractivity contribution is 7.46. The van der Waals surface area contributed by atoms with Crippen molar-refractivity contribution in [2.24, 2.45) is 0 Å². The molecule has 29 heavy (non-hydrogen) atoms. The first kappa shape index (κ1) is 28.4. The summed E-state index contributed by atoms with van der Waals surface area (Å²) >= 11 is 0. The lowest BCUT2D eigenvalue weighted by atomic mass is 10.0. The van der Waals surface area contributed by atoms with Gasteiger partial charge in [0.25, 0.3) is 0 Å². The number of ketones is 1. The third-order valence-corrected chi connectivity index (χ3v) is 5.33. The topological polar surface area (TPSA) is 124 Å². The van der Waals surface area contributed by atoms with Crippen molar-refractivity contribution in [3.8, 4) is 0 Å². The third kappa shape index (κ3) is 18.0. The number of aliphatic hydroxyl groups is 2. The molecule has 0 amide bonds. The lowest BCUT2D eigenvalue weighted by molar-refractivity contribution is -0.128. The van der Waals surface area contributed by atoms with Crippen LogP contribution in [0, 0.1) is 0 Å². The van der Waals surface area contributed by atoms with E-state index >= 15 is 0 Å². The highest BCUT2D eigenvalue weighted by Gasteiger charge is 2.32. The number of carbonyl (C=O) groups excluding carboxylic acids is 1. The molecule has 2 unspecified atom stereocenters. The molecule has 0 aromatic heterocycles. The van der Waals surface area contributed by atoms with Gasteiger partial charge in [-0.25, -0.2) is 4.57 Å². The Kier molecular flexibility index (Phi) is 17.9. The third-order valence-electron chi connectivity index (χ3n) is 4.82. The largest absolute Gasteiger partial charge is 0.470 e. The van der Waals surface area contributed by atoms with E-state index in [0.29, 0.717) is 6.42 Å². The lowest BCUT2D eigenvalue weighted by Crippen LogP contribution is -2.37. The Labute approximate surface area is 175 Å². The molecule has 172 valence electrons. The highest BCUT2D eigenvalue weighted by Crippen LogP contribution is 2.38. The second kappa shape index (κ2) is 18.2. The molecule has 0 fully saturated rings. The number of phosphoric ester groups is 1. The molecule has 0 aliphatic heterocycles. The monoisotopic (exact) mass is 436 g/mol. The Morgan fingerprint density at radius 3 is 1.76 bits per heavy atom. The van der Waals surface area contributed by atoms with E-state index < -0.39 is 32.4 Å². The Morgan fingerprint density at radius 2 is 1.34 bits per heavy atom. The van der Waals surface area contributed by atoms with Gasteiger partial charge in [0.1, 0.15) is 6.10 Å². The van der Waals surface area contributed by atoms with Crippen LogP contribution in [0.2, 0.25) is 0 Å². The van der Waals surface area contributed by atoms with Gasteiger partial charge < -0.3 is 20.0 Å². The Balaban J connectivity index is 3.74. The zero-order valence-electron chi connectivity index (χ0n) is 17.9. The van der Waals surface area contributed by atoms with Crippen LogP contribution in [0.25, 0.3) is 0 Å². The number of allylic oxidation sites excluding steroid dienone is 1. The van der Waals surface area contributed by atoms with Gasteiger partial charge in [0.15, 0.2) is 11.9 Å². The highest BCUT2D eigenvalue weighted by atomic mass is 31.2. The van der Waals surface area contributed by atoms with Gasteiger partial charge in [-0.05, 0) is 18.9 Å². The number of phosphoric acid groups is 1. The van der Waals surface area contributed by atoms with Gasteiger partial charge in [-0.3, -0.25) is 9.32 Å². The minimum atomic E-state index is -4.94. The number of aliphatic hydroxyl groups excluding tert-OH is 2. The number of hydrogen-bond acceptors (Lipinski definition) is 5. The summed E-state index contributed by atoms with van der Waals surface area (Å²) in [5.74, 6) is -0.774. The van der Waals surface area contributed by atoms with Crippen LogP contribution in [-0.4, -0.2) is 44.6 Å². The molecule has 0 radical (unpaired) electrons. The number of hydrogen-bond donors (Lipinski definition) is 4. The van der Waals surface area contributed by atoms with Crippen molar-refractivity contribution >= 4 is 13.6 Å². The second-order valence-corrected chi connectivity index (χ2v) is 8.79. The maximum Gasteiger partial charge on any atom is 0.470 e. The van der Waals surface area contributed by atoms with E-state index in [2.05, 4.69) is 11.4 Å². The summed E-state index contributed by atoms with van der Waals surface area (Å²) in [5.41, 5.74) is 0. The molecule has 8 heteroatoms. The Bertz CT molecular complexity index is 476. The average molecular weight is 437 g/mol. The van der Waals surface area contributed by atoms with Crippen LogP contribution in [0.4, 0.5) is 0 Å². The van der Waals surface area contributed by atoms with Gasteiger partial charge in [-0.2, -0.15) is 0 Å². The summed E-state index contributed by atoms with van der Waals surface area (Å²) in [6.45, 7) is 1.41. The van der Waals surface area contributed by atoms with Crippen molar-refractivity contribution in [3.05, 3.63) is 12.2 Å². The molecule has 2 atom stereocenters. The van der Waals surface area contributed by atoms with Crippen LogP contribution in [0.1, 0.15) is 96.8 Å². The van der Waals surface area contributed by atoms with Crippen molar-refractivity contribution in [2.75, 3.05) is 6.61 Å². The molecular weight excluding hydrogens is 395 g/mol. The molecule has 0 aliphatic carbocycles. The molecule has 0 spiro atoms. The van der Waals surface area contributed by atoms with Gasteiger partial charge in [0.2, 0.25) is 0 Å². The van der Waals surface area contributed by atoms with Crippen LogP contribution in [0.5, 0.6) is 0 Å². The maximum absolute atomic E-state index is 11.9. The van der Waals surface area contributed by atoms with Crippen molar-refractivity contribution in [3.63, 3.8) is 0 Å². The summed E-state index contributed by atoms with van der Waals surface area (Å²) in [6, 6.07) is 0. The van der Waals surface area contributed by atoms with E-state index in [1.807, 2.05) is 0 Å². The molecule has 0 aromatic rings. The molecule has 0 aromatic carbocycles. The van der Waals surface area contributed by atoms with Crippen LogP contribution in [0.3, 0.4) is 0 Å². The molecule has 0 bridgehead atoms. The predicted molar refractivity (Wildman–Crippen MR) is 114 cm³/mol. The van der Waals surface area contributed by atoms with E-state index in [4.69, 9.17) is 14.9 Å².